The van der Waals surface area contributed by atoms with Gasteiger partial charge in [-0.3, -0.25) is 4.79 Å². The molecule has 0 spiro atoms. The fourth-order valence-electron chi connectivity index (χ4n) is 1.95. The molecule has 0 radical (unpaired) electrons. The lowest BCUT2D eigenvalue weighted by atomic mass is 10.1. The molecule has 0 aliphatic heterocycles. The van der Waals surface area contributed by atoms with Crippen LogP contribution in [-0.2, 0) is 4.79 Å². The van der Waals surface area contributed by atoms with Crippen LogP contribution in [0.15, 0.2) is 11.6 Å². The maximum absolute atomic E-state index is 10.9. The number of thiazole rings is 1. The number of carboxylic acids is 1. The van der Waals surface area contributed by atoms with E-state index in [-0.39, 0.29) is 17.3 Å². The van der Waals surface area contributed by atoms with E-state index in [0.717, 1.165) is 5.01 Å². The van der Waals surface area contributed by atoms with Crippen molar-refractivity contribution in [2.45, 2.75) is 19.8 Å². The summed E-state index contributed by atoms with van der Waals surface area (Å²) >= 11 is 1.54. The SMILES string of the molecule is CC1(C)C(C(=O)O)C1c1nccs1. The third-order valence-electron chi connectivity index (χ3n) is 2.81. The van der Waals surface area contributed by atoms with Crippen molar-refractivity contribution in [3.63, 3.8) is 0 Å². The van der Waals surface area contributed by atoms with Crippen molar-refractivity contribution in [3.8, 4) is 0 Å². The fourth-order valence-corrected chi connectivity index (χ4v) is 2.92. The molecular weight excluding hydrogens is 186 g/mol. The number of rotatable bonds is 2. The average molecular weight is 197 g/mol. The molecule has 0 amide bonds. The second-order valence-corrected chi connectivity index (χ2v) is 4.91. The monoisotopic (exact) mass is 197 g/mol. The molecule has 0 bridgehead atoms. The summed E-state index contributed by atoms with van der Waals surface area (Å²) in [5.41, 5.74) is -0.121. The lowest BCUT2D eigenvalue weighted by Crippen LogP contribution is -2.03. The lowest BCUT2D eigenvalue weighted by Gasteiger charge is -1.97. The van der Waals surface area contributed by atoms with Gasteiger partial charge in [0.05, 0.1) is 10.9 Å². The highest BCUT2D eigenvalue weighted by molar-refractivity contribution is 7.09. The molecule has 4 heteroatoms. The first-order chi connectivity index (χ1) is 6.05. The quantitative estimate of drug-likeness (QED) is 0.788. The van der Waals surface area contributed by atoms with Crippen molar-refractivity contribution in [2.24, 2.45) is 11.3 Å². The van der Waals surface area contributed by atoms with Crippen LogP contribution in [0.25, 0.3) is 0 Å². The summed E-state index contributed by atoms with van der Waals surface area (Å²) in [5, 5.41) is 11.8. The maximum Gasteiger partial charge on any atom is 0.307 e. The molecule has 1 aromatic rings. The van der Waals surface area contributed by atoms with Gasteiger partial charge < -0.3 is 5.11 Å². The van der Waals surface area contributed by atoms with Gasteiger partial charge in [-0.05, 0) is 5.41 Å². The predicted octanol–water partition coefficient (Wildman–Crippen LogP) is 1.97. The van der Waals surface area contributed by atoms with E-state index in [2.05, 4.69) is 4.98 Å². The van der Waals surface area contributed by atoms with Gasteiger partial charge in [-0.25, -0.2) is 4.98 Å². The first-order valence-corrected chi connectivity index (χ1v) is 5.05. The summed E-state index contributed by atoms with van der Waals surface area (Å²) in [6.07, 6.45) is 1.73. The zero-order valence-corrected chi connectivity index (χ0v) is 8.34. The smallest absolute Gasteiger partial charge is 0.307 e. The van der Waals surface area contributed by atoms with Gasteiger partial charge in [-0.1, -0.05) is 13.8 Å². The van der Waals surface area contributed by atoms with Gasteiger partial charge in [0.1, 0.15) is 0 Å². The van der Waals surface area contributed by atoms with Crippen molar-refractivity contribution >= 4 is 17.3 Å². The molecule has 3 nitrogen and oxygen atoms in total. The van der Waals surface area contributed by atoms with Gasteiger partial charge in [0.25, 0.3) is 0 Å². The normalized spacial score (nSPS) is 30.0. The lowest BCUT2D eigenvalue weighted by molar-refractivity contribution is -0.139. The molecule has 1 aromatic heterocycles. The Labute approximate surface area is 80.4 Å². The Morgan fingerprint density at radius 3 is 2.77 bits per heavy atom. The Bertz CT molecular complexity index is 331. The fraction of sp³-hybridized carbons (Fsp3) is 0.556. The van der Waals surface area contributed by atoms with E-state index in [1.165, 1.54) is 0 Å². The summed E-state index contributed by atoms with van der Waals surface area (Å²) in [4.78, 5) is 15.0. The molecular formula is C9H11NO2S. The highest BCUT2D eigenvalue weighted by atomic mass is 32.1. The molecule has 1 aliphatic carbocycles. The number of nitrogens with zero attached hydrogens (tertiary/aromatic N) is 1. The minimum absolute atomic E-state index is 0.116. The number of hydrogen-bond acceptors (Lipinski definition) is 3. The molecule has 1 saturated carbocycles. The number of hydrogen-bond donors (Lipinski definition) is 1. The van der Waals surface area contributed by atoms with Crippen molar-refractivity contribution in [3.05, 3.63) is 16.6 Å². The topological polar surface area (TPSA) is 50.2 Å². The summed E-state index contributed by atoms with van der Waals surface area (Å²) in [6.45, 7) is 3.97. The van der Waals surface area contributed by atoms with Gasteiger partial charge in [-0.15, -0.1) is 11.3 Å². The van der Waals surface area contributed by atoms with Crippen molar-refractivity contribution in [2.75, 3.05) is 0 Å². The number of carbonyl (C=O) groups is 1. The molecule has 1 heterocycles. The van der Waals surface area contributed by atoms with Crippen LogP contribution < -0.4 is 0 Å². The third-order valence-corrected chi connectivity index (χ3v) is 3.67. The number of carboxylic acid groups (broad SMARTS) is 1. The van der Waals surface area contributed by atoms with Crippen LogP contribution in [-0.4, -0.2) is 16.1 Å². The molecule has 1 N–H and O–H groups in total. The van der Waals surface area contributed by atoms with Gasteiger partial charge in [0.2, 0.25) is 0 Å². The van der Waals surface area contributed by atoms with E-state index in [0.29, 0.717) is 0 Å². The number of aliphatic carboxylic acids is 1. The molecule has 70 valence electrons. The highest BCUT2D eigenvalue weighted by Gasteiger charge is 2.63. The van der Waals surface area contributed by atoms with Gasteiger partial charge in [0.15, 0.2) is 0 Å². The molecule has 1 aliphatic rings. The summed E-state index contributed by atoms with van der Waals surface area (Å²) in [6, 6.07) is 0. The van der Waals surface area contributed by atoms with Crippen LogP contribution in [0.1, 0.15) is 24.8 Å². The molecule has 2 atom stereocenters. The standard InChI is InChI=1S/C9H11NO2S/c1-9(2)5(6(9)8(11)12)7-10-3-4-13-7/h3-6H,1-2H3,(H,11,12). The van der Waals surface area contributed by atoms with Crippen LogP contribution in [0.3, 0.4) is 0 Å². The van der Waals surface area contributed by atoms with Gasteiger partial charge >= 0.3 is 5.97 Å². The van der Waals surface area contributed by atoms with E-state index >= 15 is 0 Å². The summed E-state index contributed by atoms with van der Waals surface area (Å²) in [7, 11) is 0. The van der Waals surface area contributed by atoms with E-state index in [9.17, 15) is 4.79 Å². The van der Waals surface area contributed by atoms with E-state index < -0.39 is 5.97 Å². The largest absolute Gasteiger partial charge is 0.481 e. The molecule has 0 saturated heterocycles. The predicted molar refractivity (Wildman–Crippen MR) is 49.8 cm³/mol. The van der Waals surface area contributed by atoms with Crippen LogP contribution in [0.4, 0.5) is 0 Å². The van der Waals surface area contributed by atoms with E-state index in [1.54, 1.807) is 17.5 Å². The summed E-state index contributed by atoms with van der Waals surface area (Å²) < 4.78 is 0. The maximum atomic E-state index is 10.9. The van der Waals surface area contributed by atoms with Crippen LogP contribution in [0.2, 0.25) is 0 Å². The zero-order chi connectivity index (χ0) is 9.64. The Balaban J connectivity index is 2.25. The second-order valence-electron chi connectivity index (χ2n) is 3.99. The van der Waals surface area contributed by atoms with E-state index in [4.69, 9.17) is 5.11 Å². The van der Waals surface area contributed by atoms with Gasteiger partial charge in [-0.2, -0.15) is 0 Å². The van der Waals surface area contributed by atoms with Crippen LogP contribution >= 0.6 is 11.3 Å². The minimum Gasteiger partial charge on any atom is -0.481 e. The summed E-state index contributed by atoms with van der Waals surface area (Å²) in [5.74, 6) is -0.839. The second kappa shape index (κ2) is 2.54. The number of aromatic nitrogens is 1. The minimum atomic E-state index is -0.704. The zero-order valence-electron chi connectivity index (χ0n) is 7.52. The molecule has 1 fully saturated rings. The Morgan fingerprint density at radius 2 is 2.38 bits per heavy atom. The van der Waals surface area contributed by atoms with E-state index in [1.807, 2.05) is 19.2 Å². The molecule has 2 rings (SSSR count). The van der Waals surface area contributed by atoms with Crippen molar-refractivity contribution in [1.29, 1.82) is 0 Å². The molecule has 13 heavy (non-hydrogen) atoms. The first kappa shape index (κ1) is 8.69. The highest BCUT2D eigenvalue weighted by Crippen LogP contribution is 2.64. The molecule has 0 aromatic carbocycles. The Hall–Kier alpha value is -0.900. The van der Waals surface area contributed by atoms with Crippen LogP contribution in [0, 0.1) is 11.3 Å². The Morgan fingerprint density at radius 1 is 1.69 bits per heavy atom. The first-order valence-electron chi connectivity index (χ1n) is 4.17. The Kier molecular flexibility index (Phi) is 1.70. The van der Waals surface area contributed by atoms with Crippen molar-refractivity contribution in [1.82, 2.24) is 4.98 Å². The van der Waals surface area contributed by atoms with Crippen LogP contribution in [0.5, 0.6) is 0 Å². The van der Waals surface area contributed by atoms with Crippen molar-refractivity contribution < 1.29 is 9.90 Å². The third kappa shape index (κ3) is 1.16. The average Bonchev–Trinajstić information content (AvgIpc) is 2.50. The molecule has 2 unspecified atom stereocenters. The van der Waals surface area contributed by atoms with Gasteiger partial charge in [0, 0.05) is 17.5 Å².